The van der Waals surface area contributed by atoms with Crippen molar-refractivity contribution >= 4 is 26.7 Å². The third-order valence-electron chi connectivity index (χ3n) is 3.66. The number of aromatic nitrogens is 1. The Morgan fingerprint density at radius 2 is 2.05 bits per heavy atom. The quantitative estimate of drug-likeness (QED) is 0.868. The zero-order chi connectivity index (χ0) is 14.3. The Morgan fingerprint density at radius 1 is 1.30 bits per heavy atom. The van der Waals surface area contributed by atoms with Crippen LogP contribution in [-0.4, -0.2) is 18.7 Å². The van der Waals surface area contributed by atoms with Gasteiger partial charge >= 0.3 is 0 Å². The molecule has 0 atom stereocenters. The third-order valence-corrected chi connectivity index (χ3v) is 5.46. The van der Waals surface area contributed by atoms with Gasteiger partial charge in [-0.15, -0.1) is 0 Å². The molecule has 106 valence electrons. The van der Waals surface area contributed by atoms with E-state index >= 15 is 0 Å². The molecule has 0 saturated heterocycles. The Kier molecular flexibility index (Phi) is 3.09. The fourth-order valence-electron chi connectivity index (χ4n) is 2.70. The van der Waals surface area contributed by atoms with Crippen LogP contribution < -0.4 is 4.31 Å². The summed E-state index contributed by atoms with van der Waals surface area (Å²) in [6.07, 6.45) is 1.54. The molecule has 0 amide bonds. The lowest BCUT2D eigenvalue weighted by atomic mass is 10.2. The smallest absolute Gasteiger partial charge is 0.240 e. The molecule has 1 aromatic heterocycles. The first kappa shape index (κ1) is 13.2. The minimum Gasteiger partial charge on any atom is -0.320 e. The van der Waals surface area contributed by atoms with Gasteiger partial charge in [0.05, 0.1) is 17.8 Å². The van der Waals surface area contributed by atoms with Crippen LogP contribution in [0.2, 0.25) is 0 Å². The van der Waals surface area contributed by atoms with Crippen molar-refractivity contribution in [2.75, 3.05) is 10.1 Å². The van der Waals surface area contributed by atoms with Crippen LogP contribution in [0.25, 0.3) is 10.9 Å². The van der Waals surface area contributed by atoms with E-state index in [9.17, 15) is 8.42 Å². The minimum absolute atomic E-state index is 0.171. The van der Waals surface area contributed by atoms with E-state index in [1.807, 2.05) is 41.8 Å². The number of allylic oxidation sites excluding steroid dienone is 1. The standard InChI is InChI=1S/C15H18N2O2S/c1-3-4-9-20(18,19)17-12(2)11-16-14-8-6-5-7-13(14)10-15(16)17/h5-8,10H,2-4,9,11H2,1H3. The van der Waals surface area contributed by atoms with E-state index < -0.39 is 10.0 Å². The summed E-state index contributed by atoms with van der Waals surface area (Å²) in [4.78, 5) is 0. The highest BCUT2D eigenvalue weighted by Crippen LogP contribution is 2.37. The van der Waals surface area contributed by atoms with Crippen LogP contribution in [0.5, 0.6) is 0 Å². The summed E-state index contributed by atoms with van der Waals surface area (Å²) in [5, 5.41) is 1.06. The monoisotopic (exact) mass is 290 g/mol. The van der Waals surface area contributed by atoms with Crippen LogP contribution in [0.15, 0.2) is 42.6 Å². The minimum atomic E-state index is -3.32. The van der Waals surface area contributed by atoms with E-state index in [0.29, 0.717) is 24.5 Å². The van der Waals surface area contributed by atoms with Crippen molar-refractivity contribution in [1.29, 1.82) is 0 Å². The molecule has 0 aliphatic carbocycles. The van der Waals surface area contributed by atoms with Gasteiger partial charge in [-0.1, -0.05) is 38.1 Å². The first-order valence-electron chi connectivity index (χ1n) is 6.83. The SMILES string of the molecule is C=C1Cn2c(cc3ccccc32)N1S(=O)(=O)CCCC. The Hall–Kier alpha value is -1.75. The first-order valence-corrected chi connectivity index (χ1v) is 8.44. The summed E-state index contributed by atoms with van der Waals surface area (Å²) in [6.45, 7) is 6.46. The Bertz CT molecular complexity index is 774. The van der Waals surface area contributed by atoms with Gasteiger partial charge in [-0.05, 0) is 18.6 Å². The Morgan fingerprint density at radius 3 is 2.80 bits per heavy atom. The molecule has 3 rings (SSSR count). The molecule has 1 aromatic carbocycles. The highest BCUT2D eigenvalue weighted by atomic mass is 32.2. The number of hydrogen-bond acceptors (Lipinski definition) is 2. The molecule has 0 saturated carbocycles. The van der Waals surface area contributed by atoms with Gasteiger partial charge in [0.1, 0.15) is 5.82 Å². The van der Waals surface area contributed by atoms with Gasteiger partial charge in [0, 0.05) is 11.1 Å². The molecule has 4 nitrogen and oxygen atoms in total. The summed E-state index contributed by atoms with van der Waals surface area (Å²) < 4.78 is 28.4. The predicted molar refractivity (Wildman–Crippen MR) is 82.3 cm³/mol. The first-order chi connectivity index (χ1) is 9.54. The highest BCUT2D eigenvalue weighted by molar-refractivity contribution is 7.93. The predicted octanol–water partition coefficient (Wildman–Crippen LogP) is 3.10. The summed E-state index contributed by atoms with van der Waals surface area (Å²) >= 11 is 0. The zero-order valence-electron chi connectivity index (χ0n) is 11.5. The molecule has 1 aliphatic rings. The van der Waals surface area contributed by atoms with Crippen LogP contribution in [0, 0.1) is 0 Å². The molecule has 0 radical (unpaired) electrons. The van der Waals surface area contributed by atoms with E-state index in [2.05, 4.69) is 6.58 Å². The summed E-state index contributed by atoms with van der Waals surface area (Å²) in [7, 11) is -3.32. The maximum Gasteiger partial charge on any atom is 0.240 e. The number of benzene rings is 1. The van der Waals surface area contributed by atoms with Gasteiger partial charge in [0.15, 0.2) is 0 Å². The molecule has 1 aliphatic heterocycles. The van der Waals surface area contributed by atoms with Crippen molar-refractivity contribution in [2.45, 2.75) is 26.3 Å². The van der Waals surface area contributed by atoms with Crippen LogP contribution in [0.4, 0.5) is 5.82 Å². The maximum atomic E-state index is 12.5. The normalized spacial score (nSPS) is 15.1. The van der Waals surface area contributed by atoms with Crippen molar-refractivity contribution in [1.82, 2.24) is 4.57 Å². The number of nitrogens with zero attached hydrogens (tertiary/aromatic N) is 2. The lowest BCUT2D eigenvalue weighted by molar-refractivity contribution is 0.591. The summed E-state index contributed by atoms with van der Waals surface area (Å²) in [5.74, 6) is 0.886. The molecule has 5 heteroatoms. The molecular weight excluding hydrogens is 272 g/mol. The van der Waals surface area contributed by atoms with Crippen molar-refractivity contribution in [3.05, 3.63) is 42.6 Å². The molecule has 0 bridgehead atoms. The Balaban J connectivity index is 2.10. The number of rotatable bonds is 4. The second-order valence-corrected chi connectivity index (χ2v) is 7.08. The van der Waals surface area contributed by atoms with Crippen LogP contribution in [0.3, 0.4) is 0 Å². The van der Waals surface area contributed by atoms with E-state index in [1.165, 1.54) is 4.31 Å². The third kappa shape index (κ3) is 1.93. The lowest BCUT2D eigenvalue weighted by Gasteiger charge is -2.18. The van der Waals surface area contributed by atoms with Crippen molar-refractivity contribution in [3.63, 3.8) is 0 Å². The zero-order valence-corrected chi connectivity index (χ0v) is 12.4. The topological polar surface area (TPSA) is 42.3 Å². The average molecular weight is 290 g/mol. The second kappa shape index (κ2) is 4.66. The highest BCUT2D eigenvalue weighted by Gasteiger charge is 2.33. The van der Waals surface area contributed by atoms with Gasteiger partial charge in [-0.2, -0.15) is 0 Å². The van der Waals surface area contributed by atoms with E-state index in [4.69, 9.17) is 0 Å². The van der Waals surface area contributed by atoms with Crippen LogP contribution in [0.1, 0.15) is 19.8 Å². The number of para-hydroxylation sites is 1. The number of fused-ring (bicyclic) bond motifs is 3. The van der Waals surface area contributed by atoms with Crippen LogP contribution >= 0.6 is 0 Å². The molecule has 2 aromatic rings. The summed E-state index contributed by atoms with van der Waals surface area (Å²) in [6, 6.07) is 9.86. The fraction of sp³-hybridized carbons (Fsp3) is 0.333. The molecule has 2 heterocycles. The van der Waals surface area contributed by atoms with Crippen molar-refractivity contribution < 1.29 is 8.42 Å². The molecular formula is C15H18N2O2S. The number of anilines is 1. The van der Waals surface area contributed by atoms with Gasteiger partial charge in [-0.25, -0.2) is 12.7 Å². The molecule has 0 fully saturated rings. The van der Waals surface area contributed by atoms with Gasteiger partial charge in [0.25, 0.3) is 0 Å². The molecule has 0 unspecified atom stereocenters. The summed E-state index contributed by atoms with van der Waals surface area (Å²) in [5.41, 5.74) is 1.68. The van der Waals surface area contributed by atoms with E-state index in [-0.39, 0.29) is 5.75 Å². The maximum absolute atomic E-state index is 12.5. The Labute approximate surface area is 119 Å². The van der Waals surface area contributed by atoms with Crippen LogP contribution in [-0.2, 0) is 16.6 Å². The molecule has 0 N–H and O–H groups in total. The number of unbranched alkanes of at least 4 members (excludes halogenated alkanes) is 1. The molecule has 20 heavy (non-hydrogen) atoms. The fourth-order valence-corrected chi connectivity index (χ4v) is 4.42. The largest absolute Gasteiger partial charge is 0.320 e. The number of sulfonamides is 1. The van der Waals surface area contributed by atoms with Gasteiger partial charge < -0.3 is 4.57 Å². The molecule has 0 spiro atoms. The van der Waals surface area contributed by atoms with Crippen molar-refractivity contribution in [3.8, 4) is 0 Å². The number of hydrogen-bond donors (Lipinski definition) is 0. The van der Waals surface area contributed by atoms with Gasteiger partial charge in [0.2, 0.25) is 10.0 Å². The lowest BCUT2D eigenvalue weighted by Crippen LogP contribution is -2.29. The van der Waals surface area contributed by atoms with Crippen molar-refractivity contribution in [2.24, 2.45) is 0 Å². The van der Waals surface area contributed by atoms with E-state index in [0.717, 1.165) is 17.3 Å². The second-order valence-electron chi connectivity index (χ2n) is 5.15. The average Bonchev–Trinajstić information content (AvgIpc) is 2.91. The van der Waals surface area contributed by atoms with E-state index in [1.54, 1.807) is 0 Å². The van der Waals surface area contributed by atoms with Gasteiger partial charge in [-0.3, -0.25) is 0 Å².